The smallest absolute Gasteiger partial charge is 0.238 e. The van der Waals surface area contributed by atoms with Crippen LogP contribution in [0.15, 0.2) is 53.4 Å². The van der Waals surface area contributed by atoms with E-state index in [1.165, 1.54) is 0 Å². The first-order chi connectivity index (χ1) is 13.0. The Bertz CT molecular complexity index is 831. The van der Waals surface area contributed by atoms with Gasteiger partial charge in [0.2, 0.25) is 11.8 Å². The highest BCUT2D eigenvalue weighted by atomic mass is 32.2. The van der Waals surface area contributed by atoms with Crippen molar-refractivity contribution in [2.45, 2.75) is 11.3 Å². The zero-order chi connectivity index (χ0) is 19.6. The summed E-state index contributed by atoms with van der Waals surface area (Å²) < 4.78 is 0. The summed E-state index contributed by atoms with van der Waals surface area (Å²) in [5, 5.41) is 14.5. The Balaban J connectivity index is 1.76. The molecule has 0 saturated heterocycles. The van der Waals surface area contributed by atoms with Gasteiger partial charge in [0.05, 0.1) is 23.9 Å². The van der Waals surface area contributed by atoms with Crippen molar-refractivity contribution in [3.8, 4) is 6.07 Å². The molecule has 2 amide bonds. The lowest BCUT2D eigenvalue weighted by atomic mass is 10.2. The third-order valence-electron chi connectivity index (χ3n) is 3.81. The standard InChI is InChI=1S/C20H22N4O2S/c1-24(14-20(26)23-17-5-3-4-6-18(17)27-2)12-11-19(25)22-16-9-7-15(13-21)8-10-16/h3-10H,11-12,14H2,1-2H3,(H,22,25)(H,23,26). The van der Waals surface area contributed by atoms with Crippen molar-refractivity contribution in [3.05, 3.63) is 54.1 Å². The fourth-order valence-corrected chi connectivity index (χ4v) is 2.96. The van der Waals surface area contributed by atoms with Gasteiger partial charge in [0.25, 0.3) is 0 Å². The number of nitriles is 1. The molecule has 2 aromatic rings. The zero-order valence-electron chi connectivity index (χ0n) is 15.4. The van der Waals surface area contributed by atoms with Gasteiger partial charge in [0.15, 0.2) is 0 Å². The number of para-hydroxylation sites is 1. The van der Waals surface area contributed by atoms with Gasteiger partial charge in [-0.25, -0.2) is 0 Å². The number of nitrogens with one attached hydrogen (secondary N) is 2. The third-order valence-corrected chi connectivity index (χ3v) is 4.61. The van der Waals surface area contributed by atoms with Crippen molar-refractivity contribution in [3.63, 3.8) is 0 Å². The van der Waals surface area contributed by atoms with Crippen LogP contribution in [0.1, 0.15) is 12.0 Å². The number of benzene rings is 2. The van der Waals surface area contributed by atoms with Crippen LogP contribution in [0.2, 0.25) is 0 Å². The van der Waals surface area contributed by atoms with E-state index in [0.29, 0.717) is 17.8 Å². The van der Waals surface area contributed by atoms with E-state index in [9.17, 15) is 9.59 Å². The Hall–Kier alpha value is -2.82. The molecule has 0 fully saturated rings. The number of hydrogen-bond donors (Lipinski definition) is 2. The van der Waals surface area contributed by atoms with E-state index < -0.39 is 0 Å². The molecule has 0 aliphatic heterocycles. The molecular formula is C20H22N4O2S. The third kappa shape index (κ3) is 6.77. The number of carbonyl (C=O) groups excluding carboxylic acids is 2. The maximum Gasteiger partial charge on any atom is 0.238 e. The van der Waals surface area contributed by atoms with E-state index in [1.54, 1.807) is 48.0 Å². The highest BCUT2D eigenvalue weighted by Crippen LogP contribution is 2.24. The highest BCUT2D eigenvalue weighted by Gasteiger charge is 2.11. The average molecular weight is 382 g/mol. The van der Waals surface area contributed by atoms with Crippen molar-refractivity contribution in [1.29, 1.82) is 5.26 Å². The lowest BCUT2D eigenvalue weighted by molar-refractivity contribution is -0.119. The zero-order valence-corrected chi connectivity index (χ0v) is 16.2. The molecule has 0 saturated carbocycles. The minimum atomic E-state index is -0.139. The molecule has 0 spiro atoms. The minimum absolute atomic E-state index is 0.119. The Kier molecular flexibility index (Phi) is 7.86. The summed E-state index contributed by atoms with van der Waals surface area (Å²) in [6.07, 6.45) is 2.23. The molecule has 140 valence electrons. The SMILES string of the molecule is CSc1ccccc1NC(=O)CN(C)CCC(=O)Nc1ccc(C#N)cc1. The van der Waals surface area contributed by atoms with Crippen LogP contribution in [0.5, 0.6) is 0 Å². The first kappa shape index (κ1) is 20.5. The Morgan fingerprint density at radius 3 is 2.44 bits per heavy atom. The van der Waals surface area contributed by atoms with E-state index in [0.717, 1.165) is 10.6 Å². The molecule has 27 heavy (non-hydrogen) atoms. The summed E-state index contributed by atoms with van der Waals surface area (Å²) >= 11 is 1.57. The van der Waals surface area contributed by atoms with Crippen molar-refractivity contribution >= 4 is 35.0 Å². The second-order valence-electron chi connectivity index (χ2n) is 5.97. The monoisotopic (exact) mass is 382 g/mol. The van der Waals surface area contributed by atoms with Crippen LogP contribution in [0.25, 0.3) is 0 Å². The largest absolute Gasteiger partial charge is 0.326 e. The molecule has 0 radical (unpaired) electrons. The topological polar surface area (TPSA) is 85.2 Å². The molecule has 0 aliphatic rings. The van der Waals surface area contributed by atoms with E-state index in [1.807, 2.05) is 36.6 Å². The number of carbonyl (C=O) groups is 2. The first-order valence-corrected chi connectivity index (χ1v) is 9.65. The van der Waals surface area contributed by atoms with Gasteiger partial charge in [0.1, 0.15) is 0 Å². The van der Waals surface area contributed by atoms with Crippen molar-refractivity contribution < 1.29 is 9.59 Å². The maximum atomic E-state index is 12.2. The van der Waals surface area contributed by atoms with Gasteiger partial charge in [-0.1, -0.05) is 12.1 Å². The fourth-order valence-electron chi connectivity index (χ4n) is 2.41. The van der Waals surface area contributed by atoms with Gasteiger partial charge < -0.3 is 10.6 Å². The number of rotatable bonds is 8. The van der Waals surface area contributed by atoms with Crippen LogP contribution in [-0.4, -0.2) is 43.1 Å². The van der Waals surface area contributed by atoms with E-state index >= 15 is 0 Å². The summed E-state index contributed by atoms with van der Waals surface area (Å²) in [7, 11) is 1.80. The summed E-state index contributed by atoms with van der Waals surface area (Å²) in [4.78, 5) is 27.0. The molecule has 7 heteroatoms. The Morgan fingerprint density at radius 1 is 1.07 bits per heavy atom. The maximum absolute atomic E-state index is 12.2. The van der Waals surface area contributed by atoms with E-state index in [-0.39, 0.29) is 24.8 Å². The molecule has 2 N–H and O–H groups in total. The molecule has 2 rings (SSSR count). The van der Waals surface area contributed by atoms with Crippen LogP contribution in [0.4, 0.5) is 11.4 Å². The quantitative estimate of drug-likeness (QED) is 0.685. The van der Waals surface area contributed by atoms with Crippen LogP contribution in [0.3, 0.4) is 0 Å². The number of hydrogen-bond acceptors (Lipinski definition) is 5. The fraction of sp³-hybridized carbons (Fsp3) is 0.250. The number of thioether (sulfide) groups is 1. The van der Waals surface area contributed by atoms with Gasteiger partial charge in [0, 0.05) is 23.5 Å². The van der Waals surface area contributed by atoms with Crippen molar-refractivity contribution in [1.82, 2.24) is 4.90 Å². The minimum Gasteiger partial charge on any atom is -0.326 e. The van der Waals surface area contributed by atoms with Crippen LogP contribution < -0.4 is 10.6 Å². The Morgan fingerprint density at radius 2 is 1.78 bits per heavy atom. The highest BCUT2D eigenvalue weighted by molar-refractivity contribution is 7.98. The van der Waals surface area contributed by atoms with Crippen molar-refractivity contribution in [2.75, 3.05) is 37.0 Å². The molecule has 0 heterocycles. The van der Waals surface area contributed by atoms with E-state index in [4.69, 9.17) is 5.26 Å². The van der Waals surface area contributed by atoms with Gasteiger partial charge in [-0.15, -0.1) is 11.8 Å². The molecule has 6 nitrogen and oxygen atoms in total. The molecule has 0 aliphatic carbocycles. The van der Waals surface area contributed by atoms with Gasteiger partial charge >= 0.3 is 0 Å². The normalized spacial score (nSPS) is 10.3. The predicted octanol–water partition coefficient (Wildman–Crippen LogP) is 3.18. The average Bonchev–Trinajstić information content (AvgIpc) is 2.67. The second kappa shape index (κ2) is 10.4. The molecule has 0 bridgehead atoms. The molecule has 0 unspecified atom stereocenters. The molecule has 0 aromatic heterocycles. The lowest BCUT2D eigenvalue weighted by Crippen LogP contribution is -2.32. The number of nitrogens with zero attached hydrogens (tertiary/aromatic N) is 2. The summed E-state index contributed by atoms with van der Waals surface area (Å²) in [6, 6.07) is 16.4. The summed E-state index contributed by atoms with van der Waals surface area (Å²) in [5.74, 6) is -0.258. The van der Waals surface area contributed by atoms with Gasteiger partial charge in [-0.3, -0.25) is 14.5 Å². The molecular weight excluding hydrogens is 360 g/mol. The molecule has 0 atom stereocenters. The number of likely N-dealkylation sites (N-methyl/N-ethyl adjacent to an activating group) is 1. The number of amides is 2. The first-order valence-electron chi connectivity index (χ1n) is 8.43. The second-order valence-corrected chi connectivity index (χ2v) is 6.82. The van der Waals surface area contributed by atoms with Crippen LogP contribution in [0, 0.1) is 11.3 Å². The summed E-state index contributed by atoms with van der Waals surface area (Å²) in [6.45, 7) is 0.659. The lowest BCUT2D eigenvalue weighted by Gasteiger charge is -2.17. The van der Waals surface area contributed by atoms with E-state index in [2.05, 4.69) is 10.6 Å². The number of anilines is 2. The van der Waals surface area contributed by atoms with Crippen LogP contribution in [-0.2, 0) is 9.59 Å². The van der Waals surface area contributed by atoms with Gasteiger partial charge in [-0.05, 0) is 49.7 Å². The Labute approximate surface area is 163 Å². The molecule has 2 aromatic carbocycles. The predicted molar refractivity (Wildman–Crippen MR) is 109 cm³/mol. The van der Waals surface area contributed by atoms with Gasteiger partial charge in [-0.2, -0.15) is 5.26 Å². The van der Waals surface area contributed by atoms with Crippen molar-refractivity contribution in [2.24, 2.45) is 0 Å². The van der Waals surface area contributed by atoms with Crippen LogP contribution >= 0.6 is 11.8 Å². The summed E-state index contributed by atoms with van der Waals surface area (Å²) in [5.41, 5.74) is 1.98.